The molecule has 2 aliphatic rings. The second kappa shape index (κ2) is 5.41. The molecule has 1 N–H and O–H groups in total. The summed E-state index contributed by atoms with van der Waals surface area (Å²) >= 11 is 0. The summed E-state index contributed by atoms with van der Waals surface area (Å²) in [6.45, 7) is 8.48. The van der Waals surface area contributed by atoms with E-state index in [1.165, 1.54) is 0 Å². The smallest absolute Gasteiger partial charge is 0.319 e. The molecular weight excluding hydrogens is 280 g/mol. The maximum Gasteiger partial charge on any atom is 0.319 e. The van der Waals surface area contributed by atoms with Gasteiger partial charge in [0.2, 0.25) is 5.91 Å². The molecule has 0 aromatic rings. The summed E-state index contributed by atoms with van der Waals surface area (Å²) in [7, 11) is 3.37. The molecular formula is C16H26N4O2. The fraction of sp³-hybridized carbons (Fsp3) is 0.688. The summed E-state index contributed by atoms with van der Waals surface area (Å²) in [4.78, 5) is 33.3. The number of carbonyl (C=O) groups is 2. The predicted molar refractivity (Wildman–Crippen MR) is 86.7 cm³/mol. The van der Waals surface area contributed by atoms with E-state index in [0.717, 1.165) is 0 Å². The Morgan fingerprint density at radius 1 is 1.45 bits per heavy atom. The van der Waals surface area contributed by atoms with E-state index in [2.05, 4.69) is 10.3 Å². The van der Waals surface area contributed by atoms with Crippen molar-refractivity contribution >= 4 is 18.2 Å². The van der Waals surface area contributed by atoms with Gasteiger partial charge in [-0.25, -0.2) is 4.79 Å². The molecule has 0 aromatic heterocycles. The number of allylic oxidation sites excluding steroid dienone is 1. The summed E-state index contributed by atoms with van der Waals surface area (Å²) in [6.07, 6.45) is 5.25. The van der Waals surface area contributed by atoms with Gasteiger partial charge < -0.3 is 10.2 Å². The van der Waals surface area contributed by atoms with Crippen molar-refractivity contribution in [2.45, 2.75) is 39.4 Å². The highest BCUT2D eigenvalue weighted by Gasteiger charge is 2.61. The van der Waals surface area contributed by atoms with Crippen molar-refractivity contribution in [1.29, 1.82) is 0 Å². The number of hydrogen-bond acceptors (Lipinski definition) is 3. The second-order valence-corrected chi connectivity index (χ2v) is 7.23. The maximum absolute atomic E-state index is 13.0. The molecule has 2 rings (SSSR count). The van der Waals surface area contributed by atoms with E-state index < -0.39 is 5.54 Å². The molecule has 2 aliphatic heterocycles. The lowest BCUT2D eigenvalue weighted by Gasteiger charge is -2.43. The van der Waals surface area contributed by atoms with Crippen LogP contribution in [0.25, 0.3) is 0 Å². The molecule has 0 saturated carbocycles. The molecule has 1 fully saturated rings. The van der Waals surface area contributed by atoms with E-state index in [4.69, 9.17) is 0 Å². The first-order chi connectivity index (χ1) is 10.2. The van der Waals surface area contributed by atoms with E-state index in [1.807, 2.05) is 39.8 Å². The highest BCUT2D eigenvalue weighted by Crippen LogP contribution is 2.43. The van der Waals surface area contributed by atoms with Crippen molar-refractivity contribution < 1.29 is 9.59 Å². The Balaban J connectivity index is 2.55. The molecule has 0 aromatic carbocycles. The molecule has 0 aliphatic carbocycles. The molecule has 0 spiro atoms. The zero-order valence-corrected chi connectivity index (χ0v) is 14.3. The molecule has 3 unspecified atom stereocenters. The summed E-state index contributed by atoms with van der Waals surface area (Å²) in [5.41, 5.74) is -1.18. The molecule has 6 heteroatoms. The first kappa shape index (κ1) is 16.5. The van der Waals surface area contributed by atoms with E-state index >= 15 is 0 Å². The number of likely N-dealkylation sites (N-methyl/N-ethyl adjacent to an activating group) is 1. The average molecular weight is 306 g/mol. The van der Waals surface area contributed by atoms with E-state index in [0.29, 0.717) is 6.54 Å². The number of aliphatic imine (C=N–C) groups is 1. The van der Waals surface area contributed by atoms with Gasteiger partial charge in [-0.05, 0) is 13.0 Å². The molecule has 0 bridgehead atoms. The minimum atomic E-state index is -0.930. The number of nitrogens with one attached hydrogen (secondary N) is 1. The molecule has 3 atom stereocenters. The van der Waals surface area contributed by atoms with Crippen LogP contribution in [0.15, 0.2) is 17.1 Å². The Morgan fingerprint density at radius 3 is 2.55 bits per heavy atom. The van der Waals surface area contributed by atoms with Gasteiger partial charge in [0.15, 0.2) is 0 Å². The molecule has 1 saturated heterocycles. The van der Waals surface area contributed by atoms with Crippen molar-refractivity contribution in [2.24, 2.45) is 16.3 Å². The zero-order chi connectivity index (χ0) is 16.7. The Kier molecular flexibility index (Phi) is 4.06. The standard InChI is InChI=1S/C16H26N4O2/c1-15(2,3)12-19(6)13(21)16(4,20(12)14(22)17-5)11-8-7-9-18-10-11/h7-9,11-12H,10H2,1-6H3,(H,17,22). The number of amides is 3. The van der Waals surface area contributed by atoms with Gasteiger partial charge in [-0.1, -0.05) is 26.8 Å². The van der Waals surface area contributed by atoms with Crippen molar-refractivity contribution in [1.82, 2.24) is 15.1 Å². The number of dihydropyridines is 1. The first-order valence-electron chi connectivity index (χ1n) is 7.60. The lowest BCUT2D eigenvalue weighted by atomic mass is 9.82. The fourth-order valence-corrected chi connectivity index (χ4v) is 3.59. The number of nitrogens with zero attached hydrogens (tertiary/aromatic N) is 3. The number of rotatable bonds is 1. The lowest BCUT2D eigenvalue weighted by molar-refractivity contribution is -0.133. The van der Waals surface area contributed by atoms with E-state index in [9.17, 15) is 9.59 Å². The Hall–Kier alpha value is -1.85. The number of carbonyl (C=O) groups excluding carboxylic acids is 2. The van der Waals surface area contributed by atoms with Crippen LogP contribution in [0.4, 0.5) is 4.79 Å². The molecule has 6 nitrogen and oxygen atoms in total. The largest absolute Gasteiger partial charge is 0.341 e. The third kappa shape index (κ3) is 2.30. The Morgan fingerprint density at radius 2 is 2.09 bits per heavy atom. The molecule has 2 heterocycles. The van der Waals surface area contributed by atoms with Crippen LogP contribution in [-0.4, -0.2) is 60.3 Å². The lowest BCUT2D eigenvalue weighted by Crippen LogP contribution is -2.60. The van der Waals surface area contributed by atoms with Gasteiger partial charge in [0.05, 0.1) is 0 Å². The third-order valence-corrected chi connectivity index (χ3v) is 4.63. The van der Waals surface area contributed by atoms with Crippen LogP contribution in [0.5, 0.6) is 0 Å². The average Bonchev–Trinajstić information content (AvgIpc) is 2.69. The van der Waals surface area contributed by atoms with Crippen LogP contribution in [0.2, 0.25) is 0 Å². The summed E-state index contributed by atoms with van der Waals surface area (Å²) in [6, 6.07) is -0.233. The van der Waals surface area contributed by atoms with Gasteiger partial charge in [-0.2, -0.15) is 0 Å². The SMILES string of the molecule is CNC(=O)N1C(C(C)(C)C)N(C)C(=O)C1(C)C1C=CC=NC1. The van der Waals surface area contributed by atoms with Gasteiger partial charge in [0, 0.05) is 38.2 Å². The normalized spacial score (nSPS) is 31.8. The second-order valence-electron chi connectivity index (χ2n) is 7.23. The van der Waals surface area contributed by atoms with Crippen molar-refractivity contribution in [3.63, 3.8) is 0 Å². The Labute approximate surface area is 132 Å². The molecule has 0 radical (unpaired) electrons. The van der Waals surface area contributed by atoms with Gasteiger partial charge in [0.1, 0.15) is 11.7 Å². The monoisotopic (exact) mass is 306 g/mol. The van der Waals surface area contributed by atoms with Crippen LogP contribution in [0.3, 0.4) is 0 Å². The molecule has 122 valence electrons. The van der Waals surface area contributed by atoms with Crippen LogP contribution in [0.1, 0.15) is 27.7 Å². The van der Waals surface area contributed by atoms with Gasteiger partial charge in [-0.3, -0.25) is 14.7 Å². The summed E-state index contributed by atoms with van der Waals surface area (Å²) in [5, 5.41) is 2.69. The van der Waals surface area contributed by atoms with Crippen molar-refractivity contribution in [3.8, 4) is 0 Å². The van der Waals surface area contributed by atoms with Gasteiger partial charge in [-0.15, -0.1) is 0 Å². The van der Waals surface area contributed by atoms with E-state index in [1.54, 1.807) is 30.1 Å². The zero-order valence-electron chi connectivity index (χ0n) is 14.3. The minimum Gasteiger partial charge on any atom is -0.341 e. The van der Waals surface area contributed by atoms with Gasteiger partial charge >= 0.3 is 6.03 Å². The predicted octanol–water partition coefficient (Wildman–Crippen LogP) is 1.49. The van der Waals surface area contributed by atoms with Crippen LogP contribution in [0, 0.1) is 11.3 Å². The first-order valence-corrected chi connectivity index (χ1v) is 7.60. The number of urea groups is 1. The van der Waals surface area contributed by atoms with Crippen molar-refractivity contribution in [2.75, 3.05) is 20.6 Å². The third-order valence-electron chi connectivity index (χ3n) is 4.63. The Bertz CT molecular complexity index is 535. The summed E-state index contributed by atoms with van der Waals surface area (Å²) in [5.74, 6) is -0.167. The van der Waals surface area contributed by atoms with Crippen LogP contribution in [-0.2, 0) is 4.79 Å². The van der Waals surface area contributed by atoms with E-state index in [-0.39, 0.29) is 29.4 Å². The molecule has 22 heavy (non-hydrogen) atoms. The quantitative estimate of drug-likeness (QED) is 0.797. The minimum absolute atomic E-state index is 0.0391. The summed E-state index contributed by atoms with van der Waals surface area (Å²) < 4.78 is 0. The van der Waals surface area contributed by atoms with Gasteiger partial charge in [0.25, 0.3) is 0 Å². The van der Waals surface area contributed by atoms with Crippen LogP contribution >= 0.6 is 0 Å². The highest BCUT2D eigenvalue weighted by atomic mass is 16.2. The topological polar surface area (TPSA) is 65.0 Å². The van der Waals surface area contributed by atoms with Crippen molar-refractivity contribution in [3.05, 3.63) is 12.2 Å². The molecule has 3 amide bonds. The number of hydrogen-bond donors (Lipinski definition) is 1. The fourth-order valence-electron chi connectivity index (χ4n) is 3.59. The van der Waals surface area contributed by atoms with Crippen LogP contribution < -0.4 is 5.32 Å². The maximum atomic E-state index is 13.0. The highest BCUT2D eigenvalue weighted by molar-refractivity contribution is 5.95.